The largest absolute Gasteiger partial charge is 0.349 e. The first-order chi connectivity index (χ1) is 14.0. The molecule has 1 aliphatic rings. The van der Waals surface area contributed by atoms with Crippen molar-refractivity contribution in [2.75, 3.05) is 5.32 Å². The molecule has 0 aliphatic heterocycles. The van der Waals surface area contributed by atoms with E-state index < -0.39 is 11.3 Å². The maximum atomic E-state index is 12.6. The fraction of sp³-hybridized carbons (Fsp3) is 0.182. The van der Waals surface area contributed by atoms with Crippen LogP contribution >= 0.6 is 0 Å². The number of rotatable bonds is 5. The maximum absolute atomic E-state index is 12.6. The Morgan fingerprint density at radius 3 is 2.34 bits per heavy atom. The first-order valence-corrected chi connectivity index (χ1v) is 9.40. The third-order valence-electron chi connectivity index (χ3n) is 4.64. The van der Waals surface area contributed by atoms with Crippen molar-refractivity contribution < 1.29 is 9.59 Å². The fourth-order valence-corrected chi connectivity index (χ4v) is 2.93. The van der Waals surface area contributed by atoms with E-state index in [1.54, 1.807) is 35.9 Å². The fourth-order valence-electron chi connectivity index (χ4n) is 2.93. The SMILES string of the molecule is Cc1cc(=O)c(C(=O)Nc2ccc(C(=O)NC3CC3)cc2)nn1-c1ccccc1. The number of hydrogen-bond acceptors (Lipinski definition) is 4. The van der Waals surface area contributed by atoms with Crippen molar-refractivity contribution in [1.82, 2.24) is 15.1 Å². The first kappa shape index (κ1) is 18.6. The number of nitrogens with one attached hydrogen (secondary N) is 2. The van der Waals surface area contributed by atoms with Crippen LogP contribution in [0.5, 0.6) is 0 Å². The van der Waals surface area contributed by atoms with E-state index in [1.807, 2.05) is 30.3 Å². The molecule has 1 aliphatic carbocycles. The summed E-state index contributed by atoms with van der Waals surface area (Å²) >= 11 is 0. The molecule has 1 fully saturated rings. The van der Waals surface area contributed by atoms with Crippen molar-refractivity contribution in [3.05, 3.63) is 87.8 Å². The molecule has 3 aromatic rings. The molecule has 0 atom stereocenters. The quantitative estimate of drug-likeness (QED) is 0.703. The average molecular weight is 388 g/mol. The molecular weight excluding hydrogens is 368 g/mol. The maximum Gasteiger partial charge on any atom is 0.280 e. The van der Waals surface area contributed by atoms with Gasteiger partial charge in [-0.3, -0.25) is 14.4 Å². The van der Waals surface area contributed by atoms with Crippen molar-refractivity contribution in [1.29, 1.82) is 0 Å². The average Bonchev–Trinajstić information content (AvgIpc) is 3.53. The van der Waals surface area contributed by atoms with Gasteiger partial charge in [0.1, 0.15) is 0 Å². The van der Waals surface area contributed by atoms with Gasteiger partial charge in [0, 0.05) is 29.1 Å². The van der Waals surface area contributed by atoms with E-state index in [1.165, 1.54) is 6.07 Å². The number of hydrogen-bond donors (Lipinski definition) is 2. The van der Waals surface area contributed by atoms with Crippen LogP contribution in [-0.2, 0) is 0 Å². The van der Waals surface area contributed by atoms with Crippen molar-refractivity contribution in [2.24, 2.45) is 0 Å². The standard InChI is InChI=1S/C22H20N4O3/c1-14-13-19(27)20(25-26(14)18-5-3-2-4-6-18)22(29)24-16-9-7-15(8-10-16)21(28)23-17-11-12-17/h2-10,13,17H,11-12H2,1H3,(H,23,28)(H,24,29). The lowest BCUT2D eigenvalue weighted by molar-refractivity contribution is 0.0950. The van der Waals surface area contributed by atoms with E-state index in [-0.39, 0.29) is 17.6 Å². The van der Waals surface area contributed by atoms with Crippen LogP contribution in [0.15, 0.2) is 65.5 Å². The third-order valence-corrected chi connectivity index (χ3v) is 4.64. The van der Waals surface area contributed by atoms with Gasteiger partial charge in [0.2, 0.25) is 5.43 Å². The van der Waals surface area contributed by atoms with Crippen LogP contribution in [0.2, 0.25) is 0 Å². The molecule has 0 saturated heterocycles. The van der Waals surface area contributed by atoms with Crippen molar-refractivity contribution in [3.63, 3.8) is 0 Å². The van der Waals surface area contributed by atoms with Crippen LogP contribution in [0.4, 0.5) is 5.69 Å². The number of anilines is 1. The Morgan fingerprint density at radius 1 is 1.00 bits per heavy atom. The Kier molecular flexibility index (Phi) is 4.95. The Balaban J connectivity index is 1.53. The lowest BCUT2D eigenvalue weighted by Crippen LogP contribution is -2.27. The summed E-state index contributed by atoms with van der Waals surface area (Å²) in [4.78, 5) is 37.0. The predicted molar refractivity (Wildman–Crippen MR) is 109 cm³/mol. The number of aromatic nitrogens is 2. The molecule has 2 amide bonds. The Labute approximate surface area is 167 Å². The van der Waals surface area contributed by atoms with Crippen LogP contribution in [0.25, 0.3) is 5.69 Å². The van der Waals surface area contributed by atoms with Gasteiger partial charge in [0.15, 0.2) is 5.69 Å². The molecule has 7 nitrogen and oxygen atoms in total. The summed E-state index contributed by atoms with van der Waals surface area (Å²) in [6, 6.07) is 17.5. The smallest absolute Gasteiger partial charge is 0.280 e. The van der Waals surface area contributed by atoms with Gasteiger partial charge in [-0.2, -0.15) is 5.10 Å². The predicted octanol–water partition coefficient (Wildman–Crippen LogP) is 2.69. The molecule has 0 radical (unpaired) electrons. The number of nitrogens with zero attached hydrogens (tertiary/aromatic N) is 2. The lowest BCUT2D eigenvalue weighted by Gasteiger charge is -2.11. The summed E-state index contributed by atoms with van der Waals surface area (Å²) < 4.78 is 1.56. The first-order valence-electron chi connectivity index (χ1n) is 9.40. The van der Waals surface area contributed by atoms with Crippen molar-refractivity contribution in [3.8, 4) is 5.69 Å². The highest BCUT2D eigenvalue weighted by Crippen LogP contribution is 2.19. The number of carbonyl (C=O) groups is 2. The minimum Gasteiger partial charge on any atom is -0.349 e. The highest BCUT2D eigenvalue weighted by Gasteiger charge is 2.23. The lowest BCUT2D eigenvalue weighted by atomic mass is 10.2. The Bertz CT molecular complexity index is 1120. The van der Waals surface area contributed by atoms with Crippen LogP contribution in [-0.4, -0.2) is 27.6 Å². The second kappa shape index (κ2) is 7.71. The third kappa shape index (κ3) is 4.24. The second-order valence-electron chi connectivity index (χ2n) is 7.03. The van der Waals surface area contributed by atoms with E-state index in [9.17, 15) is 14.4 Å². The summed E-state index contributed by atoms with van der Waals surface area (Å²) in [6.45, 7) is 1.76. The molecule has 1 aromatic heterocycles. The minimum atomic E-state index is -0.602. The second-order valence-corrected chi connectivity index (χ2v) is 7.03. The van der Waals surface area contributed by atoms with Crippen molar-refractivity contribution >= 4 is 17.5 Å². The minimum absolute atomic E-state index is 0.128. The van der Waals surface area contributed by atoms with E-state index >= 15 is 0 Å². The zero-order chi connectivity index (χ0) is 20.4. The van der Waals surface area contributed by atoms with Crippen molar-refractivity contribution in [2.45, 2.75) is 25.8 Å². The molecule has 4 rings (SSSR count). The van der Waals surface area contributed by atoms with Gasteiger partial charge in [-0.15, -0.1) is 0 Å². The molecule has 7 heteroatoms. The molecule has 29 heavy (non-hydrogen) atoms. The summed E-state index contributed by atoms with van der Waals surface area (Å²) in [5.74, 6) is -0.730. The monoisotopic (exact) mass is 388 g/mol. The zero-order valence-corrected chi connectivity index (χ0v) is 15.9. The molecule has 2 aromatic carbocycles. The zero-order valence-electron chi connectivity index (χ0n) is 15.9. The van der Waals surface area contributed by atoms with Gasteiger partial charge < -0.3 is 10.6 Å². The Morgan fingerprint density at radius 2 is 1.69 bits per heavy atom. The van der Waals surface area contributed by atoms with Gasteiger partial charge in [-0.05, 0) is 56.2 Å². The molecule has 1 saturated carbocycles. The summed E-state index contributed by atoms with van der Waals surface area (Å²) in [7, 11) is 0. The number of aryl methyl sites for hydroxylation is 1. The van der Waals surface area contributed by atoms with E-state index in [4.69, 9.17) is 0 Å². The van der Waals surface area contributed by atoms with Gasteiger partial charge >= 0.3 is 0 Å². The van der Waals surface area contributed by atoms with Gasteiger partial charge in [0.05, 0.1) is 5.69 Å². The number of para-hydroxylation sites is 1. The van der Waals surface area contributed by atoms with Gasteiger partial charge in [0.25, 0.3) is 11.8 Å². The molecule has 146 valence electrons. The highest BCUT2D eigenvalue weighted by atomic mass is 16.2. The van der Waals surface area contributed by atoms with Gasteiger partial charge in [-0.1, -0.05) is 18.2 Å². The Hall–Kier alpha value is -3.74. The summed E-state index contributed by atoms with van der Waals surface area (Å²) in [6.07, 6.45) is 2.04. The molecule has 0 spiro atoms. The topological polar surface area (TPSA) is 93.1 Å². The van der Waals surface area contributed by atoms with Crippen LogP contribution < -0.4 is 16.1 Å². The number of benzene rings is 2. The van der Waals surface area contributed by atoms with E-state index in [0.29, 0.717) is 16.9 Å². The normalized spacial score (nSPS) is 13.0. The molecule has 0 unspecified atom stereocenters. The summed E-state index contributed by atoms with van der Waals surface area (Å²) in [5, 5.41) is 9.83. The van der Waals surface area contributed by atoms with Crippen LogP contribution in [0.3, 0.4) is 0 Å². The highest BCUT2D eigenvalue weighted by molar-refractivity contribution is 6.03. The van der Waals surface area contributed by atoms with Gasteiger partial charge in [-0.25, -0.2) is 4.68 Å². The van der Waals surface area contributed by atoms with Crippen LogP contribution in [0, 0.1) is 6.92 Å². The number of carbonyl (C=O) groups excluding carboxylic acids is 2. The van der Waals surface area contributed by atoms with E-state index in [0.717, 1.165) is 18.5 Å². The summed E-state index contributed by atoms with van der Waals surface area (Å²) in [5.41, 5.74) is 1.73. The molecule has 1 heterocycles. The molecular formula is C22H20N4O3. The molecule has 2 N–H and O–H groups in total. The van der Waals surface area contributed by atoms with E-state index in [2.05, 4.69) is 15.7 Å². The molecule has 0 bridgehead atoms. The number of amides is 2. The van der Waals surface area contributed by atoms with Crippen LogP contribution in [0.1, 0.15) is 39.4 Å².